The van der Waals surface area contributed by atoms with Crippen molar-refractivity contribution in [3.05, 3.63) is 60.2 Å². The van der Waals surface area contributed by atoms with Crippen molar-refractivity contribution in [1.82, 2.24) is 4.98 Å². The summed E-state index contributed by atoms with van der Waals surface area (Å²) in [7, 11) is 1.65. The molecular formula is C21H22N2O2S. The van der Waals surface area contributed by atoms with Crippen molar-refractivity contribution in [2.24, 2.45) is 0 Å². The SMILES string of the molecule is CCC(Sc1cc(C)c2cccc(OC)c2n1)C(=O)Nc1ccccc1. The van der Waals surface area contributed by atoms with Gasteiger partial charge in [0.25, 0.3) is 0 Å². The highest BCUT2D eigenvalue weighted by Crippen LogP contribution is 2.32. The number of nitrogens with one attached hydrogen (secondary N) is 1. The number of aryl methyl sites for hydroxylation is 1. The van der Waals surface area contributed by atoms with Gasteiger partial charge < -0.3 is 10.1 Å². The lowest BCUT2D eigenvalue weighted by Crippen LogP contribution is -2.24. The highest BCUT2D eigenvalue weighted by atomic mass is 32.2. The molecule has 0 radical (unpaired) electrons. The zero-order valence-corrected chi connectivity index (χ0v) is 16.0. The molecule has 0 saturated heterocycles. The Morgan fingerprint density at radius 2 is 1.96 bits per heavy atom. The van der Waals surface area contributed by atoms with Crippen LogP contribution in [0.3, 0.4) is 0 Å². The molecule has 2 aromatic carbocycles. The number of rotatable bonds is 6. The van der Waals surface area contributed by atoms with E-state index >= 15 is 0 Å². The number of methoxy groups -OCH3 is 1. The van der Waals surface area contributed by atoms with Crippen LogP contribution in [0.25, 0.3) is 10.9 Å². The smallest absolute Gasteiger partial charge is 0.237 e. The van der Waals surface area contributed by atoms with E-state index in [2.05, 4.69) is 12.2 Å². The molecule has 1 unspecified atom stereocenters. The number of nitrogens with zero attached hydrogens (tertiary/aromatic N) is 1. The molecule has 1 aromatic heterocycles. The summed E-state index contributed by atoms with van der Waals surface area (Å²) in [6.45, 7) is 4.06. The molecule has 4 nitrogen and oxygen atoms in total. The summed E-state index contributed by atoms with van der Waals surface area (Å²) < 4.78 is 5.44. The molecule has 0 aliphatic heterocycles. The van der Waals surface area contributed by atoms with E-state index in [-0.39, 0.29) is 11.2 Å². The first kappa shape index (κ1) is 18.3. The zero-order valence-electron chi connectivity index (χ0n) is 15.2. The molecule has 0 aliphatic carbocycles. The van der Waals surface area contributed by atoms with Gasteiger partial charge in [0, 0.05) is 11.1 Å². The van der Waals surface area contributed by atoms with Crippen LogP contribution in [0.15, 0.2) is 59.6 Å². The Hall–Kier alpha value is -2.53. The van der Waals surface area contributed by atoms with E-state index < -0.39 is 0 Å². The monoisotopic (exact) mass is 366 g/mol. The van der Waals surface area contributed by atoms with Crippen molar-refractivity contribution in [2.45, 2.75) is 30.5 Å². The van der Waals surface area contributed by atoms with Gasteiger partial charge in [-0.3, -0.25) is 4.79 Å². The summed E-state index contributed by atoms with van der Waals surface area (Å²) in [5, 5.41) is 4.66. The molecule has 1 N–H and O–H groups in total. The minimum absolute atomic E-state index is 0.0109. The molecule has 0 fully saturated rings. The highest BCUT2D eigenvalue weighted by molar-refractivity contribution is 8.00. The van der Waals surface area contributed by atoms with Crippen LogP contribution in [-0.4, -0.2) is 23.3 Å². The predicted octanol–water partition coefficient (Wildman–Crippen LogP) is 5.06. The van der Waals surface area contributed by atoms with Crippen LogP contribution in [0.1, 0.15) is 18.9 Å². The number of fused-ring (bicyclic) bond motifs is 1. The molecule has 0 spiro atoms. The number of amides is 1. The maximum atomic E-state index is 12.6. The van der Waals surface area contributed by atoms with Gasteiger partial charge in [-0.2, -0.15) is 0 Å². The lowest BCUT2D eigenvalue weighted by Gasteiger charge is -2.15. The van der Waals surface area contributed by atoms with Crippen molar-refractivity contribution in [1.29, 1.82) is 0 Å². The first-order chi connectivity index (χ1) is 12.6. The molecule has 1 heterocycles. The molecule has 3 rings (SSSR count). The topological polar surface area (TPSA) is 51.2 Å². The number of pyridine rings is 1. The number of hydrogen-bond donors (Lipinski definition) is 1. The number of ether oxygens (including phenoxy) is 1. The van der Waals surface area contributed by atoms with Crippen LogP contribution in [0, 0.1) is 6.92 Å². The second-order valence-corrected chi connectivity index (χ2v) is 7.23. The van der Waals surface area contributed by atoms with Gasteiger partial charge in [-0.15, -0.1) is 0 Å². The van der Waals surface area contributed by atoms with E-state index in [1.165, 1.54) is 11.8 Å². The average molecular weight is 366 g/mol. The minimum atomic E-state index is -0.214. The van der Waals surface area contributed by atoms with Crippen LogP contribution >= 0.6 is 11.8 Å². The number of benzene rings is 2. The number of aromatic nitrogens is 1. The maximum absolute atomic E-state index is 12.6. The van der Waals surface area contributed by atoms with Crippen LogP contribution < -0.4 is 10.1 Å². The second-order valence-electron chi connectivity index (χ2n) is 6.00. The largest absolute Gasteiger partial charge is 0.494 e. The number of hydrogen-bond acceptors (Lipinski definition) is 4. The van der Waals surface area contributed by atoms with Crippen molar-refractivity contribution in [3.63, 3.8) is 0 Å². The van der Waals surface area contributed by atoms with Crippen LogP contribution in [0.2, 0.25) is 0 Å². The lowest BCUT2D eigenvalue weighted by molar-refractivity contribution is -0.115. The van der Waals surface area contributed by atoms with Gasteiger partial charge in [0.15, 0.2) is 0 Å². The Balaban J connectivity index is 1.85. The number of carbonyl (C=O) groups excluding carboxylic acids is 1. The third kappa shape index (κ3) is 3.99. The summed E-state index contributed by atoms with van der Waals surface area (Å²) in [6, 6.07) is 17.5. The second kappa shape index (κ2) is 8.23. The van der Waals surface area contributed by atoms with Crippen molar-refractivity contribution < 1.29 is 9.53 Å². The number of anilines is 1. The van der Waals surface area contributed by atoms with Crippen molar-refractivity contribution in [3.8, 4) is 5.75 Å². The summed E-state index contributed by atoms with van der Waals surface area (Å²) >= 11 is 1.49. The Kier molecular flexibility index (Phi) is 5.78. The first-order valence-corrected chi connectivity index (χ1v) is 9.47. The standard InChI is InChI=1S/C21H22N2O2S/c1-4-18(21(24)22-15-9-6-5-7-10-15)26-19-13-14(2)16-11-8-12-17(25-3)20(16)23-19/h5-13,18H,4H2,1-3H3,(H,22,24). The van der Waals surface area contributed by atoms with Gasteiger partial charge >= 0.3 is 0 Å². The lowest BCUT2D eigenvalue weighted by atomic mass is 10.1. The van der Waals surface area contributed by atoms with E-state index in [4.69, 9.17) is 9.72 Å². The molecule has 0 bridgehead atoms. The summed E-state index contributed by atoms with van der Waals surface area (Å²) in [5.41, 5.74) is 2.76. The normalized spacial score (nSPS) is 12.0. The number of thioether (sulfide) groups is 1. The molecule has 1 atom stereocenters. The van der Waals surface area contributed by atoms with Crippen molar-refractivity contribution in [2.75, 3.05) is 12.4 Å². The van der Waals surface area contributed by atoms with Gasteiger partial charge in [-0.25, -0.2) is 4.98 Å². The Morgan fingerprint density at radius 3 is 2.65 bits per heavy atom. The molecular weight excluding hydrogens is 344 g/mol. The van der Waals surface area contributed by atoms with E-state index in [0.717, 1.165) is 32.9 Å². The third-order valence-corrected chi connectivity index (χ3v) is 5.46. The van der Waals surface area contributed by atoms with Crippen molar-refractivity contribution >= 4 is 34.3 Å². The highest BCUT2D eigenvalue weighted by Gasteiger charge is 2.20. The van der Waals surface area contributed by atoms with Crippen LogP contribution in [0.5, 0.6) is 5.75 Å². The van der Waals surface area contributed by atoms with Crippen LogP contribution in [-0.2, 0) is 4.79 Å². The van der Waals surface area contributed by atoms with E-state index in [0.29, 0.717) is 6.42 Å². The fraction of sp³-hybridized carbons (Fsp3) is 0.238. The van der Waals surface area contributed by atoms with E-state index in [1.54, 1.807) is 7.11 Å². The predicted molar refractivity (Wildman–Crippen MR) is 108 cm³/mol. The number of para-hydroxylation sites is 2. The van der Waals surface area contributed by atoms with E-state index in [9.17, 15) is 4.79 Å². The fourth-order valence-corrected chi connectivity index (χ4v) is 3.81. The molecule has 0 aliphatic rings. The van der Waals surface area contributed by atoms with Gasteiger partial charge in [0.2, 0.25) is 5.91 Å². The molecule has 0 saturated carbocycles. The molecule has 1 amide bonds. The quantitative estimate of drug-likeness (QED) is 0.620. The molecule has 134 valence electrons. The third-order valence-electron chi connectivity index (χ3n) is 4.17. The molecule has 3 aromatic rings. The number of carbonyl (C=O) groups is 1. The summed E-state index contributed by atoms with van der Waals surface area (Å²) in [6.07, 6.45) is 0.716. The van der Waals surface area contributed by atoms with Gasteiger partial charge in [-0.05, 0) is 43.2 Å². The van der Waals surface area contributed by atoms with Gasteiger partial charge in [0.05, 0.1) is 17.4 Å². The minimum Gasteiger partial charge on any atom is -0.494 e. The van der Waals surface area contributed by atoms with E-state index in [1.807, 2.05) is 61.5 Å². The summed E-state index contributed by atoms with van der Waals surface area (Å²) in [4.78, 5) is 17.4. The van der Waals surface area contributed by atoms with Crippen LogP contribution in [0.4, 0.5) is 5.69 Å². The van der Waals surface area contributed by atoms with Gasteiger partial charge in [0.1, 0.15) is 11.3 Å². The Labute approximate surface area is 158 Å². The Morgan fingerprint density at radius 1 is 1.19 bits per heavy atom. The Bertz CT molecular complexity index is 913. The van der Waals surface area contributed by atoms with Gasteiger partial charge in [-0.1, -0.05) is 49.0 Å². The molecule has 5 heteroatoms. The average Bonchev–Trinajstić information content (AvgIpc) is 2.66. The zero-order chi connectivity index (χ0) is 18.5. The molecule has 26 heavy (non-hydrogen) atoms. The first-order valence-electron chi connectivity index (χ1n) is 8.59. The summed E-state index contributed by atoms with van der Waals surface area (Å²) in [5.74, 6) is 0.734. The maximum Gasteiger partial charge on any atom is 0.237 e. The fourth-order valence-electron chi connectivity index (χ4n) is 2.80.